The molecular weight excluding hydrogens is 272 g/mol. The molecule has 2 N–H and O–H groups in total. The molecule has 0 bridgehead atoms. The third-order valence-electron chi connectivity index (χ3n) is 2.90. The number of carbonyl (C=O) groups excluding carboxylic acids is 1. The average molecular weight is 284 g/mol. The van der Waals surface area contributed by atoms with Crippen LogP contribution in [0.2, 0.25) is 0 Å². The lowest BCUT2D eigenvalue weighted by atomic mass is 10.1. The summed E-state index contributed by atoms with van der Waals surface area (Å²) in [6.07, 6.45) is 0. The van der Waals surface area contributed by atoms with E-state index >= 15 is 0 Å². The first-order chi connectivity index (χ1) is 10.2. The topological polar surface area (TPSA) is 110 Å². The fourth-order valence-electron chi connectivity index (χ4n) is 1.81. The third-order valence-corrected chi connectivity index (χ3v) is 2.90. The van der Waals surface area contributed by atoms with Crippen LogP contribution in [0.25, 0.3) is 11.3 Å². The van der Waals surface area contributed by atoms with E-state index in [9.17, 15) is 4.79 Å². The lowest BCUT2D eigenvalue weighted by Crippen LogP contribution is -2.27. The number of nitrogens with zero attached hydrogens (tertiary/aromatic N) is 4. The van der Waals surface area contributed by atoms with E-state index in [4.69, 9.17) is 4.52 Å². The van der Waals surface area contributed by atoms with Crippen molar-refractivity contribution >= 4 is 5.91 Å². The Bertz CT molecular complexity index is 722. The Morgan fingerprint density at radius 3 is 2.86 bits per heavy atom. The van der Waals surface area contributed by atoms with Crippen molar-refractivity contribution in [2.24, 2.45) is 0 Å². The summed E-state index contributed by atoms with van der Waals surface area (Å²) in [5, 5.41) is 19.9. The molecule has 1 unspecified atom stereocenters. The van der Waals surface area contributed by atoms with Gasteiger partial charge >= 0.3 is 0 Å². The maximum atomic E-state index is 12.1. The van der Waals surface area contributed by atoms with Gasteiger partial charge < -0.3 is 9.84 Å². The molecule has 0 saturated carbocycles. The van der Waals surface area contributed by atoms with Gasteiger partial charge in [-0.05, 0) is 6.92 Å². The van der Waals surface area contributed by atoms with Crippen LogP contribution in [-0.4, -0.2) is 31.7 Å². The predicted molar refractivity (Wildman–Crippen MR) is 72.0 cm³/mol. The molecule has 0 saturated heterocycles. The minimum absolute atomic E-state index is 0.198. The highest BCUT2D eigenvalue weighted by Gasteiger charge is 2.18. The lowest BCUT2D eigenvalue weighted by molar-refractivity contribution is 0.0929. The van der Waals surface area contributed by atoms with Gasteiger partial charge in [-0.25, -0.2) is 0 Å². The van der Waals surface area contributed by atoms with Gasteiger partial charge in [0.25, 0.3) is 5.91 Å². The molecule has 2 aromatic heterocycles. The van der Waals surface area contributed by atoms with E-state index in [1.807, 2.05) is 30.3 Å². The zero-order valence-electron chi connectivity index (χ0n) is 11.1. The minimum atomic E-state index is -0.381. The van der Waals surface area contributed by atoms with Crippen molar-refractivity contribution in [1.29, 1.82) is 0 Å². The van der Waals surface area contributed by atoms with Crippen LogP contribution < -0.4 is 5.32 Å². The van der Waals surface area contributed by atoms with E-state index in [1.165, 1.54) is 0 Å². The SMILES string of the molecule is CC(NC(=O)c1cc(-c2ccccc2)on1)c1nn[nH]n1. The van der Waals surface area contributed by atoms with Gasteiger partial charge in [0.2, 0.25) is 0 Å². The number of benzene rings is 1. The first kappa shape index (κ1) is 13.0. The van der Waals surface area contributed by atoms with Crippen molar-refractivity contribution in [2.45, 2.75) is 13.0 Å². The molecule has 1 amide bonds. The Hall–Kier alpha value is -3.03. The van der Waals surface area contributed by atoms with E-state index < -0.39 is 0 Å². The maximum Gasteiger partial charge on any atom is 0.274 e. The second-order valence-electron chi connectivity index (χ2n) is 4.41. The third kappa shape index (κ3) is 2.78. The Kier molecular flexibility index (Phi) is 3.42. The summed E-state index contributed by atoms with van der Waals surface area (Å²) in [6.45, 7) is 1.75. The van der Waals surface area contributed by atoms with Crippen molar-refractivity contribution in [1.82, 2.24) is 31.1 Å². The van der Waals surface area contributed by atoms with Crippen LogP contribution in [0.1, 0.15) is 29.3 Å². The van der Waals surface area contributed by atoms with E-state index in [-0.39, 0.29) is 17.6 Å². The van der Waals surface area contributed by atoms with Crippen molar-refractivity contribution in [3.8, 4) is 11.3 Å². The van der Waals surface area contributed by atoms with Gasteiger partial charge in [0, 0.05) is 11.6 Å². The highest BCUT2D eigenvalue weighted by molar-refractivity contribution is 5.93. The Morgan fingerprint density at radius 2 is 2.14 bits per heavy atom. The van der Waals surface area contributed by atoms with Crippen molar-refractivity contribution < 1.29 is 9.32 Å². The Morgan fingerprint density at radius 1 is 1.33 bits per heavy atom. The number of rotatable bonds is 4. The molecular formula is C13H12N6O2. The molecule has 0 radical (unpaired) electrons. The largest absolute Gasteiger partial charge is 0.355 e. The van der Waals surface area contributed by atoms with E-state index in [1.54, 1.807) is 13.0 Å². The summed E-state index contributed by atoms with van der Waals surface area (Å²) in [6, 6.07) is 10.6. The normalized spacial score (nSPS) is 12.0. The quantitative estimate of drug-likeness (QED) is 0.748. The van der Waals surface area contributed by atoms with Gasteiger partial charge in [0.05, 0.1) is 6.04 Å². The molecule has 106 valence electrons. The molecule has 8 heteroatoms. The Labute approximate surface area is 119 Å². The van der Waals surface area contributed by atoms with Crippen molar-refractivity contribution in [3.63, 3.8) is 0 Å². The first-order valence-corrected chi connectivity index (χ1v) is 6.30. The number of amides is 1. The number of tetrazole rings is 1. The van der Waals surface area contributed by atoms with Crippen LogP contribution in [0, 0.1) is 0 Å². The molecule has 0 aliphatic carbocycles. The molecule has 2 heterocycles. The van der Waals surface area contributed by atoms with E-state index in [2.05, 4.69) is 31.1 Å². The minimum Gasteiger partial charge on any atom is -0.355 e. The highest BCUT2D eigenvalue weighted by atomic mass is 16.5. The van der Waals surface area contributed by atoms with Crippen LogP contribution in [0.5, 0.6) is 0 Å². The van der Waals surface area contributed by atoms with Gasteiger partial charge in [-0.15, -0.1) is 10.2 Å². The van der Waals surface area contributed by atoms with Crippen LogP contribution in [-0.2, 0) is 0 Å². The molecule has 1 aromatic carbocycles. The van der Waals surface area contributed by atoms with Gasteiger partial charge in [0.1, 0.15) is 0 Å². The average Bonchev–Trinajstić information content (AvgIpc) is 3.20. The maximum absolute atomic E-state index is 12.1. The fraction of sp³-hybridized carbons (Fsp3) is 0.154. The van der Waals surface area contributed by atoms with Crippen LogP contribution in [0.15, 0.2) is 40.9 Å². The van der Waals surface area contributed by atoms with Crippen LogP contribution in [0.4, 0.5) is 0 Å². The number of hydrogen-bond donors (Lipinski definition) is 2. The standard InChI is InChI=1S/C13H12N6O2/c1-8(12-15-18-19-16-12)14-13(20)10-7-11(21-17-10)9-5-3-2-4-6-9/h2-8H,1H3,(H,14,20)(H,15,16,18,19). The lowest BCUT2D eigenvalue weighted by Gasteiger charge is -2.07. The zero-order valence-corrected chi connectivity index (χ0v) is 11.1. The second-order valence-corrected chi connectivity index (χ2v) is 4.41. The molecule has 21 heavy (non-hydrogen) atoms. The molecule has 8 nitrogen and oxygen atoms in total. The number of carbonyl (C=O) groups is 1. The zero-order chi connectivity index (χ0) is 14.7. The number of H-pyrrole nitrogens is 1. The summed E-state index contributed by atoms with van der Waals surface area (Å²) in [5.74, 6) is 0.571. The molecule has 3 aromatic rings. The fourth-order valence-corrected chi connectivity index (χ4v) is 1.81. The number of aromatic amines is 1. The van der Waals surface area contributed by atoms with Crippen LogP contribution >= 0.6 is 0 Å². The predicted octanol–water partition coefficient (Wildman–Crippen LogP) is 1.35. The second kappa shape index (κ2) is 5.53. The molecule has 1 atom stereocenters. The first-order valence-electron chi connectivity index (χ1n) is 6.30. The van der Waals surface area contributed by atoms with E-state index in [0.717, 1.165) is 5.56 Å². The monoisotopic (exact) mass is 284 g/mol. The van der Waals surface area contributed by atoms with Crippen molar-refractivity contribution in [3.05, 3.63) is 47.9 Å². The molecule has 0 aliphatic heterocycles. The molecule has 0 fully saturated rings. The Balaban J connectivity index is 1.73. The summed E-state index contributed by atoms with van der Waals surface area (Å²) in [5.41, 5.74) is 1.06. The summed E-state index contributed by atoms with van der Waals surface area (Å²) in [4.78, 5) is 12.1. The van der Waals surface area contributed by atoms with Gasteiger partial charge in [-0.1, -0.05) is 40.7 Å². The summed E-state index contributed by atoms with van der Waals surface area (Å²) >= 11 is 0. The van der Waals surface area contributed by atoms with Gasteiger partial charge in [-0.2, -0.15) is 5.21 Å². The number of nitrogens with one attached hydrogen (secondary N) is 2. The molecule has 3 rings (SSSR count). The van der Waals surface area contributed by atoms with Gasteiger partial charge in [0.15, 0.2) is 17.3 Å². The molecule has 0 aliphatic rings. The van der Waals surface area contributed by atoms with Crippen LogP contribution in [0.3, 0.4) is 0 Å². The smallest absolute Gasteiger partial charge is 0.274 e. The van der Waals surface area contributed by atoms with Crippen molar-refractivity contribution in [2.75, 3.05) is 0 Å². The number of hydrogen-bond acceptors (Lipinski definition) is 6. The molecule has 0 spiro atoms. The highest BCUT2D eigenvalue weighted by Crippen LogP contribution is 2.19. The van der Waals surface area contributed by atoms with E-state index in [0.29, 0.717) is 11.6 Å². The number of aromatic nitrogens is 5. The summed E-state index contributed by atoms with van der Waals surface area (Å²) in [7, 11) is 0. The summed E-state index contributed by atoms with van der Waals surface area (Å²) < 4.78 is 5.18. The van der Waals surface area contributed by atoms with Gasteiger partial charge in [-0.3, -0.25) is 4.79 Å².